The molecule has 0 N–H and O–H groups in total. The number of methoxy groups -OCH3 is 1. The van der Waals surface area contributed by atoms with Gasteiger partial charge in [-0.2, -0.15) is 5.26 Å². The van der Waals surface area contributed by atoms with E-state index in [1.807, 2.05) is 6.92 Å². The first kappa shape index (κ1) is 13.0. The highest BCUT2D eigenvalue weighted by atomic mass is 16.5. The molecular formula is C12H20N2O2. The minimum absolute atomic E-state index is 0.110. The van der Waals surface area contributed by atoms with E-state index in [0.29, 0.717) is 25.9 Å². The second-order valence-corrected chi connectivity index (χ2v) is 4.30. The molecule has 1 aliphatic carbocycles. The van der Waals surface area contributed by atoms with Gasteiger partial charge < -0.3 is 9.64 Å². The predicted molar refractivity (Wildman–Crippen MR) is 60.7 cm³/mol. The van der Waals surface area contributed by atoms with E-state index in [2.05, 4.69) is 6.07 Å². The largest absolute Gasteiger partial charge is 0.378 e. The lowest BCUT2D eigenvalue weighted by molar-refractivity contribution is -0.143. The quantitative estimate of drug-likeness (QED) is 0.690. The van der Waals surface area contributed by atoms with Crippen molar-refractivity contribution in [2.45, 2.75) is 44.6 Å². The molecule has 1 amide bonds. The predicted octanol–water partition coefficient (Wildman–Crippen LogP) is 1.71. The van der Waals surface area contributed by atoms with Crippen molar-refractivity contribution in [1.29, 1.82) is 5.26 Å². The van der Waals surface area contributed by atoms with Gasteiger partial charge in [-0.1, -0.05) is 0 Å². The summed E-state index contributed by atoms with van der Waals surface area (Å²) in [7, 11) is 1.68. The zero-order valence-corrected chi connectivity index (χ0v) is 10.2. The van der Waals surface area contributed by atoms with Crippen LogP contribution in [0, 0.1) is 11.3 Å². The topological polar surface area (TPSA) is 53.3 Å². The monoisotopic (exact) mass is 224 g/mol. The van der Waals surface area contributed by atoms with Gasteiger partial charge in [0, 0.05) is 20.2 Å². The number of nitrogens with zero attached hydrogens (tertiary/aromatic N) is 2. The Kier molecular flexibility index (Phi) is 4.75. The molecule has 0 unspecified atom stereocenters. The first-order valence-corrected chi connectivity index (χ1v) is 5.87. The molecular weight excluding hydrogens is 204 g/mol. The second-order valence-electron chi connectivity index (χ2n) is 4.30. The standard InChI is InChI=1S/C12H20N2O2/c1-3-14(9-5-8-13)11(15)10-12(16-2)6-4-7-12/h3-7,9-10H2,1-2H3. The lowest BCUT2D eigenvalue weighted by Crippen LogP contribution is -2.45. The molecule has 0 radical (unpaired) electrons. The van der Waals surface area contributed by atoms with Gasteiger partial charge in [0.1, 0.15) is 0 Å². The molecule has 1 fully saturated rings. The summed E-state index contributed by atoms with van der Waals surface area (Å²) in [5, 5.41) is 8.52. The molecule has 0 heterocycles. The molecule has 1 saturated carbocycles. The molecule has 0 bridgehead atoms. The maximum atomic E-state index is 12.0. The van der Waals surface area contributed by atoms with Crippen LogP contribution in [0.15, 0.2) is 0 Å². The highest BCUT2D eigenvalue weighted by Crippen LogP contribution is 2.38. The summed E-state index contributed by atoms with van der Waals surface area (Å²) in [5.74, 6) is 0.110. The van der Waals surface area contributed by atoms with Crippen LogP contribution < -0.4 is 0 Å². The van der Waals surface area contributed by atoms with Crippen LogP contribution in [0.5, 0.6) is 0 Å². The Morgan fingerprint density at radius 1 is 1.56 bits per heavy atom. The van der Waals surface area contributed by atoms with Gasteiger partial charge in [0.2, 0.25) is 5.91 Å². The van der Waals surface area contributed by atoms with Crippen molar-refractivity contribution >= 4 is 5.91 Å². The van der Waals surface area contributed by atoms with Crippen LogP contribution in [0.2, 0.25) is 0 Å². The fraction of sp³-hybridized carbons (Fsp3) is 0.833. The zero-order valence-electron chi connectivity index (χ0n) is 10.2. The van der Waals surface area contributed by atoms with Crippen molar-refractivity contribution in [2.24, 2.45) is 0 Å². The lowest BCUT2D eigenvalue weighted by atomic mass is 9.77. The first-order valence-electron chi connectivity index (χ1n) is 5.87. The van der Waals surface area contributed by atoms with E-state index in [1.165, 1.54) is 0 Å². The van der Waals surface area contributed by atoms with Crippen molar-refractivity contribution < 1.29 is 9.53 Å². The van der Waals surface area contributed by atoms with Crippen LogP contribution in [0.1, 0.15) is 39.0 Å². The van der Waals surface area contributed by atoms with Gasteiger partial charge in [-0.05, 0) is 26.2 Å². The molecule has 1 rings (SSSR count). The van der Waals surface area contributed by atoms with E-state index < -0.39 is 0 Å². The number of carbonyl (C=O) groups is 1. The molecule has 1 aliphatic rings. The molecule has 0 aliphatic heterocycles. The highest BCUT2D eigenvalue weighted by molar-refractivity contribution is 5.77. The smallest absolute Gasteiger partial charge is 0.225 e. The van der Waals surface area contributed by atoms with Crippen molar-refractivity contribution in [3.05, 3.63) is 0 Å². The average molecular weight is 224 g/mol. The maximum Gasteiger partial charge on any atom is 0.225 e. The summed E-state index contributed by atoms with van der Waals surface area (Å²) < 4.78 is 5.43. The van der Waals surface area contributed by atoms with Gasteiger partial charge in [-0.15, -0.1) is 0 Å². The average Bonchev–Trinajstić information content (AvgIpc) is 2.24. The minimum atomic E-state index is -0.211. The molecule has 0 aromatic carbocycles. The third-order valence-corrected chi connectivity index (χ3v) is 3.40. The first-order chi connectivity index (χ1) is 7.67. The van der Waals surface area contributed by atoms with Crippen LogP contribution in [0.25, 0.3) is 0 Å². The van der Waals surface area contributed by atoms with Gasteiger partial charge >= 0.3 is 0 Å². The molecule has 0 aromatic rings. The van der Waals surface area contributed by atoms with Crippen molar-refractivity contribution in [3.8, 4) is 6.07 Å². The third-order valence-electron chi connectivity index (χ3n) is 3.40. The van der Waals surface area contributed by atoms with Gasteiger partial charge in [0.25, 0.3) is 0 Å². The lowest BCUT2D eigenvalue weighted by Gasteiger charge is -2.41. The molecule has 0 spiro atoms. The van der Waals surface area contributed by atoms with Crippen molar-refractivity contribution in [3.63, 3.8) is 0 Å². The summed E-state index contributed by atoms with van der Waals surface area (Å²) >= 11 is 0. The fourth-order valence-electron chi connectivity index (χ4n) is 2.06. The number of nitriles is 1. The molecule has 4 nitrogen and oxygen atoms in total. The highest BCUT2D eigenvalue weighted by Gasteiger charge is 2.39. The Morgan fingerprint density at radius 2 is 2.25 bits per heavy atom. The van der Waals surface area contributed by atoms with Crippen LogP contribution in [-0.4, -0.2) is 36.6 Å². The fourth-order valence-corrected chi connectivity index (χ4v) is 2.06. The van der Waals surface area contributed by atoms with Crippen LogP contribution in [0.3, 0.4) is 0 Å². The molecule has 0 aromatic heterocycles. The molecule has 90 valence electrons. The zero-order chi connectivity index (χ0) is 12.0. The Bertz CT molecular complexity index is 274. The van der Waals surface area contributed by atoms with Crippen LogP contribution in [-0.2, 0) is 9.53 Å². The number of hydrogen-bond acceptors (Lipinski definition) is 3. The second kappa shape index (κ2) is 5.86. The van der Waals surface area contributed by atoms with Gasteiger partial charge in [-0.3, -0.25) is 4.79 Å². The molecule has 0 saturated heterocycles. The molecule has 16 heavy (non-hydrogen) atoms. The Hall–Kier alpha value is -1.08. The van der Waals surface area contributed by atoms with Gasteiger partial charge in [0.05, 0.1) is 24.5 Å². The van der Waals surface area contributed by atoms with E-state index in [9.17, 15) is 4.79 Å². The number of carbonyl (C=O) groups excluding carboxylic acids is 1. The maximum absolute atomic E-state index is 12.0. The van der Waals surface area contributed by atoms with E-state index in [0.717, 1.165) is 19.3 Å². The summed E-state index contributed by atoms with van der Waals surface area (Å²) in [4.78, 5) is 13.7. The van der Waals surface area contributed by atoms with E-state index >= 15 is 0 Å². The summed E-state index contributed by atoms with van der Waals surface area (Å²) in [6.45, 7) is 3.14. The molecule has 4 heteroatoms. The van der Waals surface area contributed by atoms with Gasteiger partial charge in [0.15, 0.2) is 0 Å². The molecule has 0 atom stereocenters. The van der Waals surface area contributed by atoms with Crippen LogP contribution in [0.4, 0.5) is 0 Å². The third kappa shape index (κ3) is 2.96. The normalized spacial score (nSPS) is 17.3. The Morgan fingerprint density at radius 3 is 2.62 bits per heavy atom. The number of amides is 1. The summed E-state index contributed by atoms with van der Waals surface area (Å²) in [6.07, 6.45) is 3.96. The number of ether oxygens (including phenoxy) is 1. The van der Waals surface area contributed by atoms with E-state index in [1.54, 1.807) is 12.0 Å². The Labute approximate surface area is 97.2 Å². The van der Waals surface area contributed by atoms with Crippen LogP contribution >= 0.6 is 0 Å². The van der Waals surface area contributed by atoms with Crippen molar-refractivity contribution in [2.75, 3.05) is 20.2 Å². The SMILES string of the molecule is CCN(CCC#N)C(=O)CC1(OC)CCC1. The Balaban J connectivity index is 2.45. The van der Waals surface area contributed by atoms with E-state index in [-0.39, 0.29) is 11.5 Å². The van der Waals surface area contributed by atoms with Gasteiger partial charge in [-0.25, -0.2) is 0 Å². The summed E-state index contributed by atoms with van der Waals surface area (Å²) in [5.41, 5.74) is -0.211. The van der Waals surface area contributed by atoms with Crippen molar-refractivity contribution in [1.82, 2.24) is 4.90 Å². The minimum Gasteiger partial charge on any atom is -0.378 e. The number of hydrogen-bond donors (Lipinski definition) is 0. The number of rotatable bonds is 6. The van der Waals surface area contributed by atoms with E-state index in [4.69, 9.17) is 10.00 Å². The summed E-state index contributed by atoms with van der Waals surface area (Å²) in [6, 6.07) is 2.07.